The summed E-state index contributed by atoms with van der Waals surface area (Å²) in [6, 6.07) is 11.1. The van der Waals surface area contributed by atoms with Crippen molar-refractivity contribution in [2.75, 3.05) is 5.32 Å². The van der Waals surface area contributed by atoms with Crippen LogP contribution < -0.4 is 5.32 Å². The Morgan fingerprint density at radius 2 is 1.83 bits per heavy atom. The van der Waals surface area contributed by atoms with E-state index in [4.69, 9.17) is 0 Å². The third-order valence-electron chi connectivity index (χ3n) is 3.17. The number of hydrogen-bond donors (Lipinski definition) is 1. The van der Waals surface area contributed by atoms with E-state index in [9.17, 15) is 9.18 Å². The molecule has 1 N–H and O–H groups in total. The first kappa shape index (κ1) is 14.8. The highest BCUT2D eigenvalue weighted by Gasteiger charge is 2.16. The van der Waals surface area contributed by atoms with Crippen LogP contribution in [-0.4, -0.2) is 25.7 Å². The maximum absolute atomic E-state index is 13.0. The van der Waals surface area contributed by atoms with E-state index >= 15 is 0 Å². The number of aryl methyl sites for hydroxylation is 2. The van der Waals surface area contributed by atoms with Crippen molar-refractivity contribution in [3.63, 3.8) is 0 Å². The molecular formula is C16H14FN5O. The third-order valence-corrected chi connectivity index (χ3v) is 3.17. The number of carbonyl (C=O) groups is 1. The van der Waals surface area contributed by atoms with Crippen molar-refractivity contribution >= 4 is 11.7 Å². The van der Waals surface area contributed by atoms with Crippen molar-refractivity contribution < 1.29 is 9.18 Å². The molecule has 0 aliphatic rings. The molecule has 7 heteroatoms. The van der Waals surface area contributed by atoms with E-state index in [0.29, 0.717) is 17.3 Å². The molecule has 0 radical (unpaired) electrons. The summed E-state index contributed by atoms with van der Waals surface area (Å²) >= 11 is 0. The molecule has 0 saturated carbocycles. The molecule has 3 aromatic rings. The second-order valence-electron chi connectivity index (χ2n) is 4.99. The minimum Gasteiger partial charge on any atom is -0.304 e. The van der Waals surface area contributed by atoms with Crippen molar-refractivity contribution in [3.8, 4) is 5.69 Å². The van der Waals surface area contributed by atoms with Gasteiger partial charge in [-0.05, 0) is 50.2 Å². The molecule has 0 unspecified atom stereocenters. The Bertz CT molecular complexity index is 857. The highest BCUT2D eigenvalue weighted by atomic mass is 19.1. The van der Waals surface area contributed by atoms with Crippen LogP contribution in [0.4, 0.5) is 10.2 Å². The minimum absolute atomic E-state index is 0.0233. The van der Waals surface area contributed by atoms with Gasteiger partial charge in [0.2, 0.25) is 5.82 Å². The normalized spacial score (nSPS) is 10.6. The first-order valence-electron chi connectivity index (χ1n) is 6.97. The molecule has 0 bridgehead atoms. The van der Waals surface area contributed by atoms with Crippen LogP contribution in [0.2, 0.25) is 0 Å². The summed E-state index contributed by atoms with van der Waals surface area (Å²) in [6.07, 6.45) is 0. The van der Waals surface area contributed by atoms with Gasteiger partial charge < -0.3 is 5.32 Å². The molecule has 1 amide bonds. The standard InChI is InChI=1S/C16H14FN5O/c1-10-4-3-5-14(18-10)20-16(23)15-19-11(2)22(21-15)13-8-6-12(17)7-9-13/h3-9H,1-2H3,(H,18,20,23). The predicted octanol–water partition coefficient (Wildman–Crippen LogP) is 2.67. The fraction of sp³-hybridized carbons (Fsp3) is 0.125. The lowest BCUT2D eigenvalue weighted by atomic mass is 10.3. The van der Waals surface area contributed by atoms with E-state index in [1.54, 1.807) is 31.2 Å². The van der Waals surface area contributed by atoms with E-state index in [0.717, 1.165) is 5.69 Å². The van der Waals surface area contributed by atoms with Gasteiger partial charge in [0, 0.05) is 5.69 Å². The van der Waals surface area contributed by atoms with Gasteiger partial charge in [0.25, 0.3) is 5.91 Å². The second kappa shape index (κ2) is 5.96. The molecule has 2 aromatic heterocycles. The fourth-order valence-electron chi connectivity index (χ4n) is 2.10. The van der Waals surface area contributed by atoms with Gasteiger partial charge in [-0.1, -0.05) is 6.07 Å². The predicted molar refractivity (Wildman–Crippen MR) is 83.0 cm³/mol. The second-order valence-corrected chi connectivity index (χ2v) is 4.99. The van der Waals surface area contributed by atoms with Crippen LogP contribution in [0, 0.1) is 19.7 Å². The zero-order valence-electron chi connectivity index (χ0n) is 12.6. The molecule has 116 valence electrons. The molecule has 0 aliphatic carbocycles. The van der Waals surface area contributed by atoms with Gasteiger partial charge in [-0.15, -0.1) is 5.10 Å². The smallest absolute Gasteiger partial charge is 0.296 e. The number of rotatable bonds is 3. The Morgan fingerprint density at radius 3 is 2.52 bits per heavy atom. The lowest BCUT2D eigenvalue weighted by Crippen LogP contribution is -2.15. The molecule has 0 aliphatic heterocycles. The van der Waals surface area contributed by atoms with E-state index in [1.807, 2.05) is 13.0 Å². The summed E-state index contributed by atoms with van der Waals surface area (Å²) in [5.74, 6) is 0.196. The summed E-state index contributed by atoms with van der Waals surface area (Å²) in [4.78, 5) is 20.6. The van der Waals surface area contributed by atoms with Crippen LogP contribution in [0.25, 0.3) is 5.69 Å². The molecule has 0 saturated heterocycles. The molecule has 0 spiro atoms. The molecule has 23 heavy (non-hydrogen) atoms. The molecule has 1 aromatic carbocycles. The zero-order valence-corrected chi connectivity index (χ0v) is 12.6. The van der Waals surface area contributed by atoms with Gasteiger partial charge in [0.05, 0.1) is 5.69 Å². The quantitative estimate of drug-likeness (QED) is 0.807. The maximum Gasteiger partial charge on any atom is 0.296 e. The minimum atomic E-state index is -0.452. The summed E-state index contributed by atoms with van der Waals surface area (Å²) in [6.45, 7) is 3.55. The van der Waals surface area contributed by atoms with Gasteiger partial charge in [-0.3, -0.25) is 4.79 Å². The summed E-state index contributed by atoms with van der Waals surface area (Å²) in [7, 11) is 0. The van der Waals surface area contributed by atoms with Gasteiger partial charge in [0.1, 0.15) is 17.5 Å². The first-order valence-corrected chi connectivity index (χ1v) is 6.97. The fourth-order valence-corrected chi connectivity index (χ4v) is 2.10. The molecule has 3 rings (SSSR count). The highest BCUT2D eigenvalue weighted by Crippen LogP contribution is 2.12. The number of nitrogens with one attached hydrogen (secondary N) is 1. The van der Waals surface area contributed by atoms with Crippen molar-refractivity contribution in [2.45, 2.75) is 13.8 Å². The van der Waals surface area contributed by atoms with Crippen LogP contribution in [0.3, 0.4) is 0 Å². The average Bonchev–Trinajstić information content (AvgIpc) is 2.90. The Balaban J connectivity index is 1.85. The van der Waals surface area contributed by atoms with Gasteiger partial charge in [0.15, 0.2) is 0 Å². The molecule has 2 heterocycles. The van der Waals surface area contributed by atoms with E-state index in [1.165, 1.54) is 16.8 Å². The van der Waals surface area contributed by atoms with E-state index < -0.39 is 5.91 Å². The lowest BCUT2D eigenvalue weighted by Gasteiger charge is -2.02. The van der Waals surface area contributed by atoms with Gasteiger partial charge in [-0.25, -0.2) is 19.0 Å². The van der Waals surface area contributed by atoms with Crippen molar-refractivity contribution in [3.05, 3.63) is 65.6 Å². The van der Waals surface area contributed by atoms with E-state index in [-0.39, 0.29) is 11.6 Å². The molecule has 0 fully saturated rings. The average molecular weight is 311 g/mol. The van der Waals surface area contributed by atoms with Crippen LogP contribution in [-0.2, 0) is 0 Å². The van der Waals surface area contributed by atoms with Gasteiger partial charge >= 0.3 is 0 Å². The SMILES string of the molecule is Cc1cccc(NC(=O)c2nc(C)n(-c3ccc(F)cc3)n2)n1. The number of pyridine rings is 1. The van der Waals surface area contributed by atoms with Crippen molar-refractivity contribution in [1.29, 1.82) is 0 Å². The van der Waals surface area contributed by atoms with Crippen LogP contribution >= 0.6 is 0 Å². The van der Waals surface area contributed by atoms with Crippen LogP contribution in [0.5, 0.6) is 0 Å². The maximum atomic E-state index is 13.0. The number of amides is 1. The Labute approximate surface area is 132 Å². The highest BCUT2D eigenvalue weighted by molar-refractivity contribution is 6.00. The molecule has 6 nitrogen and oxygen atoms in total. The zero-order chi connectivity index (χ0) is 16.4. The van der Waals surface area contributed by atoms with Crippen molar-refractivity contribution in [1.82, 2.24) is 19.7 Å². The summed E-state index contributed by atoms with van der Waals surface area (Å²) in [5.41, 5.74) is 1.42. The van der Waals surface area contributed by atoms with Crippen LogP contribution in [0.1, 0.15) is 22.1 Å². The number of carbonyl (C=O) groups excluding carboxylic acids is 1. The number of halogens is 1. The monoisotopic (exact) mass is 311 g/mol. The Morgan fingerprint density at radius 1 is 1.09 bits per heavy atom. The largest absolute Gasteiger partial charge is 0.304 e. The number of benzene rings is 1. The molecular weight excluding hydrogens is 297 g/mol. The Hall–Kier alpha value is -3.09. The summed E-state index contributed by atoms with van der Waals surface area (Å²) < 4.78 is 14.5. The van der Waals surface area contributed by atoms with Gasteiger partial charge in [-0.2, -0.15) is 0 Å². The molecule has 0 atom stereocenters. The lowest BCUT2D eigenvalue weighted by molar-refractivity contribution is 0.101. The topological polar surface area (TPSA) is 72.7 Å². The summed E-state index contributed by atoms with van der Waals surface area (Å²) in [5, 5.41) is 6.82. The van der Waals surface area contributed by atoms with Crippen molar-refractivity contribution in [2.24, 2.45) is 0 Å². The van der Waals surface area contributed by atoms with E-state index in [2.05, 4.69) is 20.4 Å². The third kappa shape index (κ3) is 3.23. The number of nitrogens with zero attached hydrogens (tertiary/aromatic N) is 4. The first-order chi connectivity index (χ1) is 11.0. The Kier molecular flexibility index (Phi) is 3.84. The van der Waals surface area contributed by atoms with Crippen LogP contribution in [0.15, 0.2) is 42.5 Å². The number of aromatic nitrogens is 4. The number of hydrogen-bond acceptors (Lipinski definition) is 4. The number of anilines is 1.